The number of nitrogens with zero attached hydrogens (tertiary/aromatic N) is 2. The first-order chi connectivity index (χ1) is 7.81. The van der Waals surface area contributed by atoms with Crippen LogP contribution in [0.3, 0.4) is 0 Å². The van der Waals surface area contributed by atoms with Gasteiger partial charge in [0, 0.05) is 6.42 Å². The highest BCUT2D eigenvalue weighted by Crippen LogP contribution is 2.29. The summed E-state index contributed by atoms with van der Waals surface area (Å²) in [5, 5.41) is 4.05. The zero-order valence-corrected chi connectivity index (χ0v) is 10.6. The molecule has 1 aliphatic rings. The molecule has 0 aromatic carbocycles. The summed E-state index contributed by atoms with van der Waals surface area (Å²) >= 11 is 1.27. The average molecular weight is 238 g/mol. The number of hydrogen-bond acceptors (Lipinski definition) is 4. The van der Waals surface area contributed by atoms with Crippen LogP contribution in [0.15, 0.2) is 0 Å². The first kappa shape index (κ1) is 11.7. The lowest BCUT2D eigenvalue weighted by Crippen LogP contribution is -2.06. The summed E-state index contributed by atoms with van der Waals surface area (Å²) in [7, 11) is 0. The number of carbonyl (C=O) groups excluding carboxylic acids is 1. The topological polar surface area (TPSA) is 42.9 Å². The number of carbonyl (C=O) groups is 1. The normalized spacial score (nSPS) is 16.8. The Morgan fingerprint density at radius 2 is 2.19 bits per heavy atom. The summed E-state index contributed by atoms with van der Waals surface area (Å²) < 4.78 is 3.91. The molecule has 1 saturated carbocycles. The quantitative estimate of drug-likeness (QED) is 0.739. The lowest BCUT2D eigenvalue weighted by Gasteiger charge is -2.06. The SMILES string of the molecule is CCCc1nnsc1C(=O)CC1CCCC1. The Hall–Kier alpha value is -0.770. The smallest absolute Gasteiger partial charge is 0.176 e. The predicted molar refractivity (Wildman–Crippen MR) is 64.8 cm³/mol. The van der Waals surface area contributed by atoms with Gasteiger partial charge in [-0.15, -0.1) is 5.10 Å². The van der Waals surface area contributed by atoms with Crippen LogP contribution in [0.2, 0.25) is 0 Å². The van der Waals surface area contributed by atoms with Crippen molar-refractivity contribution in [3.8, 4) is 0 Å². The van der Waals surface area contributed by atoms with Crippen LogP contribution in [-0.4, -0.2) is 15.4 Å². The number of ketones is 1. The summed E-state index contributed by atoms with van der Waals surface area (Å²) in [6, 6.07) is 0. The number of Topliss-reactive ketones (excluding diaryl/α,β-unsaturated/α-hetero) is 1. The minimum Gasteiger partial charge on any atom is -0.293 e. The van der Waals surface area contributed by atoms with Crippen molar-refractivity contribution in [2.24, 2.45) is 5.92 Å². The molecular weight excluding hydrogens is 220 g/mol. The molecular formula is C12H18N2OS. The molecule has 0 N–H and O–H groups in total. The summed E-state index contributed by atoms with van der Waals surface area (Å²) in [6.07, 6.45) is 7.64. The van der Waals surface area contributed by atoms with Crippen molar-refractivity contribution in [1.29, 1.82) is 0 Å². The molecule has 4 heteroatoms. The van der Waals surface area contributed by atoms with E-state index in [1.165, 1.54) is 37.2 Å². The summed E-state index contributed by atoms with van der Waals surface area (Å²) in [5.41, 5.74) is 0.912. The zero-order valence-electron chi connectivity index (χ0n) is 9.74. The van der Waals surface area contributed by atoms with E-state index in [4.69, 9.17) is 0 Å². The Balaban J connectivity index is 1.99. The van der Waals surface area contributed by atoms with Gasteiger partial charge in [0.25, 0.3) is 0 Å². The van der Waals surface area contributed by atoms with Crippen LogP contribution in [0.1, 0.15) is 60.8 Å². The second kappa shape index (κ2) is 5.53. The molecule has 3 nitrogen and oxygen atoms in total. The van der Waals surface area contributed by atoms with E-state index in [0.29, 0.717) is 12.3 Å². The second-order valence-electron chi connectivity index (χ2n) is 4.58. The molecule has 1 fully saturated rings. The number of aryl methyl sites for hydroxylation is 1. The fraction of sp³-hybridized carbons (Fsp3) is 0.750. The Labute approximate surface area is 100 Å². The van der Waals surface area contributed by atoms with Crippen molar-refractivity contribution >= 4 is 17.3 Å². The van der Waals surface area contributed by atoms with E-state index in [1.54, 1.807) is 0 Å². The van der Waals surface area contributed by atoms with Gasteiger partial charge in [-0.25, -0.2) is 0 Å². The molecule has 0 bridgehead atoms. The Bertz CT molecular complexity index is 356. The Morgan fingerprint density at radius 3 is 2.88 bits per heavy atom. The fourth-order valence-corrected chi connectivity index (χ4v) is 3.04. The van der Waals surface area contributed by atoms with E-state index in [-0.39, 0.29) is 5.78 Å². The monoisotopic (exact) mass is 238 g/mol. The van der Waals surface area contributed by atoms with Crippen LogP contribution in [0.4, 0.5) is 0 Å². The Kier molecular flexibility index (Phi) is 4.04. The van der Waals surface area contributed by atoms with Crippen LogP contribution >= 0.6 is 11.5 Å². The van der Waals surface area contributed by atoms with Crippen LogP contribution in [0.25, 0.3) is 0 Å². The third kappa shape index (κ3) is 2.67. The van der Waals surface area contributed by atoms with Crippen LogP contribution in [0.5, 0.6) is 0 Å². The molecule has 0 spiro atoms. The van der Waals surface area contributed by atoms with Crippen molar-refractivity contribution in [3.63, 3.8) is 0 Å². The van der Waals surface area contributed by atoms with Crippen molar-refractivity contribution in [2.45, 2.75) is 51.9 Å². The molecule has 0 unspecified atom stereocenters. The highest BCUT2D eigenvalue weighted by Gasteiger charge is 2.22. The van der Waals surface area contributed by atoms with Gasteiger partial charge in [0.05, 0.1) is 5.69 Å². The molecule has 88 valence electrons. The van der Waals surface area contributed by atoms with Gasteiger partial charge in [-0.05, 0) is 23.9 Å². The summed E-state index contributed by atoms with van der Waals surface area (Å²) in [5.74, 6) is 0.884. The molecule has 16 heavy (non-hydrogen) atoms. The van der Waals surface area contributed by atoms with Crippen molar-refractivity contribution in [3.05, 3.63) is 10.6 Å². The maximum absolute atomic E-state index is 12.1. The van der Waals surface area contributed by atoms with Gasteiger partial charge < -0.3 is 0 Å². The van der Waals surface area contributed by atoms with Gasteiger partial charge in [-0.1, -0.05) is 43.5 Å². The van der Waals surface area contributed by atoms with Gasteiger partial charge in [0.2, 0.25) is 0 Å². The molecule has 1 heterocycles. The largest absolute Gasteiger partial charge is 0.293 e. The second-order valence-corrected chi connectivity index (χ2v) is 5.33. The third-order valence-corrected chi connectivity index (χ3v) is 4.05. The number of hydrogen-bond donors (Lipinski definition) is 0. The standard InChI is InChI=1S/C12H18N2OS/c1-2-5-10-12(16-14-13-10)11(15)8-9-6-3-4-7-9/h9H,2-8H2,1H3. The molecule has 1 aliphatic carbocycles. The maximum Gasteiger partial charge on any atom is 0.176 e. The Morgan fingerprint density at radius 1 is 1.44 bits per heavy atom. The van der Waals surface area contributed by atoms with Crippen molar-refractivity contribution < 1.29 is 4.79 Å². The summed E-state index contributed by atoms with van der Waals surface area (Å²) in [4.78, 5) is 12.9. The summed E-state index contributed by atoms with van der Waals surface area (Å²) in [6.45, 7) is 2.10. The van der Waals surface area contributed by atoms with Gasteiger partial charge in [-0.2, -0.15) is 0 Å². The lowest BCUT2D eigenvalue weighted by molar-refractivity contribution is 0.0965. The van der Waals surface area contributed by atoms with E-state index in [2.05, 4.69) is 16.5 Å². The van der Waals surface area contributed by atoms with E-state index >= 15 is 0 Å². The zero-order chi connectivity index (χ0) is 11.4. The van der Waals surface area contributed by atoms with Gasteiger partial charge in [-0.3, -0.25) is 4.79 Å². The van der Waals surface area contributed by atoms with Gasteiger partial charge in [0.1, 0.15) is 4.88 Å². The number of rotatable bonds is 5. The van der Waals surface area contributed by atoms with Crippen molar-refractivity contribution in [2.75, 3.05) is 0 Å². The number of aromatic nitrogens is 2. The highest BCUT2D eigenvalue weighted by molar-refractivity contribution is 7.08. The minimum absolute atomic E-state index is 0.269. The first-order valence-electron chi connectivity index (χ1n) is 6.15. The van der Waals surface area contributed by atoms with Crippen molar-refractivity contribution in [1.82, 2.24) is 9.59 Å². The minimum atomic E-state index is 0.269. The fourth-order valence-electron chi connectivity index (χ4n) is 2.39. The maximum atomic E-state index is 12.1. The van der Waals surface area contributed by atoms with Gasteiger partial charge in [0.15, 0.2) is 5.78 Å². The highest BCUT2D eigenvalue weighted by atomic mass is 32.1. The molecule has 0 amide bonds. The predicted octanol–water partition coefficient (Wildman–Crippen LogP) is 3.25. The van der Waals surface area contributed by atoms with E-state index in [9.17, 15) is 4.79 Å². The van der Waals surface area contributed by atoms with E-state index in [0.717, 1.165) is 23.4 Å². The third-order valence-electron chi connectivity index (χ3n) is 3.24. The van der Waals surface area contributed by atoms with Crippen LogP contribution in [0, 0.1) is 5.92 Å². The molecule has 1 aromatic heterocycles. The molecule has 2 rings (SSSR count). The average Bonchev–Trinajstić information content (AvgIpc) is 2.89. The molecule has 1 aromatic rings. The first-order valence-corrected chi connectivity index (χ1v) is 6.93. The molecule has 0 saturated heterocycles. The van der Waals surface area contributed by atoms with E-state index < -0.39 is 0 Å². The molecule has 0 radical (unpaired) electrons. The van der Waals surface area contributed by atoms with Crippen LogP contribution < -0.4 is 0 Å². The van der Waals surface area contributed by atoms with Crippen LogP contribution in [-0.2, 0) is 6.42 Å². The molecule has 0 atom stereocenters. The lowest BCUT2D eigenvalue weighted by atomic mass is 9.99. The molecule has 0 aliphatic heterocycles. The van der Waals surface area contributed by atoms with E-state index in [1.807, 2.05) is 0 Å². The van der Waals surface area contributed by atoms with Gasteiger partial charge >= 0.3 is 0 Å².